The van der Waals surface area contributed by atoms with Gasteiger partial charge >= 0.3 is 0 Å². The SMILES string of the molecule is CC(C)(C)c1nc2c(n1CCC1CCOC1)CCNC2. The van der Waals surface area contributed by atoms with Crippen LogP contribution in [-0.2, 0) is 29.7 Å². The zero-order valence-corrected chi connectivity index (χ0v) is 13.0. The second-order valence-corrected chi connectivity index (χ2v) is 7.18. The average Bonchev–Trinajstić information content (AvgIpc) is 3.03. The second-order valence-electron chi connectivity index (χ2n) is 7.18. The van der Waals surface area contributed by atoms with Gasteiger partial charge in [0.15, 0.2) is 0 Å². The molecule has 1 fully saturated rings. The quantitative estimate of drug-likeness (QED) is 0.921. The molecular formula is C16H27N3O. The van der Waals surface area contributed by atoms with Crippen LogP contribution in [0.4, 0.5) is 0 Å². The van der Waals surface area contributed by atoms with Gasteiger partial charge in [-0.25, -0.2) is 4.98 Å². The summed E-state index contributed by atoms with van der Waals surface area (Å²) in [5, 5.41) is 3.43. The second kappa shape index (κ2) is 5.49. The van der Waals surface area contributed by atoms with Gasteiger partial charge in [-0.1, -0.05) is 20.8 Å². The lowest BCUT2D eigenvalue weighted by molar-refractivity contribution is 0.183. The molecule has 3 rings (SSSR count). The minimum atomic E-state index is 0.115. The summed E-state index contributed by atoms with van der Waals surface area (Å²) in [6.45, 7) is 11.8. The van der Waals surface area contributed by atoms with Crippen LogP contribution in [0.2, 0.25) is 0 Å². The highest BCUT2D eigenvalue weighted by Crippen LogP contribution is 2.28. The van der Waals surface area contributed by atoms with Crippen molar-refractivity contribution in [3.05, 3.63) is 17.2 Å². The number of ether oxygens (including phenoxy) is 1. The van der Waals surface area contributed by atoms with Crippen LogP contribution in [0.25, 0.3) is 0 Å². The smallest absolute Gasteiger partial charge is 0.114 e. The highest BCUT2D eigenvalue weighted by atomic mass is 16.5. The lowest BCUT2D eigenvalue weighted by atomic mass is 9.95. The molecule has 20 heavy (non-hydrogen) atoms. The van der Waals surface area contributed by atoms with Crippen LogP contribution in [0.3, 0.4) is 0 Å². The Labute approximate surface area is 121 Å². The molecular weight excluding hydrogens is 250 g/mol. The van der Waals surface area contributed by atoms with Crippen LogP contribution < -0.4 is 5.32 Å². The third kappa shape index (κ3) is 2.77. The van der Waals surface area contributed by atoms with E-state index in [2.05, 4.69) is 30.7 Å². The Morgan fingerprint density at radius 1 is 1.40 bits per heavy atom. The summed E-state index contributed by atoms with van der Waals surface area (Å²) in [5.74, 6) is 1.99. The van der Waals surface area contributed by atoms with Gasteiger partial charge in [0.25, 0.3) is 0 Å². The van der Waals surface area contributed by atoms with Crippen LogP contribution in [0.5, 0.6) is 0 Å². The van der Waals surface area contributed by atoms with E-state index >= 15 is 0 Å². The summed E-state index contributed by atoms with van der Waals surface area (Å²) >= 11 is 0. The standard InChI is InChI=1S/C16H27N3O/c1-16(2,3)15-18-13-10-17-7-4-14(13)19(15)8-5-12-6-9-20-11-12/h12,17H,4-11H2,1-3H3. The molecule has 1 N–H and O–H groups in total. The molecule has 0 saturated carbocycles. The lowest BCUT2D eigenvalue weighted by Gasteiger charge is -2.22. The molecule has 1 aromatic rings. The van der Waals surface area contributed by atoms with Crippen molar-refractivity contribution in [3.8, 4) is 0 Å². The molecule has 1 atom stereocenters. The number of aromatic nitrogens is 2. The van der Waals surface area contributed by atoms with E-state index < -0.39 is 0 Å². The molecule has 0 aromatic carbocycles. The molecule has 2 aliphatic rings. The van der Waals surface area contributed by atoms with Crippen molar-refractivity contribution in [2.45, 2.75) is 58.5 Å². The summed E-state index contributed by atoms with van der Waals surface area (Å²) in [5.41, 5.74) is 2.85. The average molecular weight is 277 g/mol. The van der Waals surface area contributed by atoms with Crippen molar-refractivity contribution >= 4 is 0 Å². The van der Waals surface area contributed by atoms with Gasteiger partial charge in [-0.05, 0) is 18.8 Å². The zero-order chi connectivity index (χ0) is 14.2. The first-order chi connectivity index (χ1) is 9.55. The number of nitrogens with one attached hydrogen (secondary N) is 1. The van der Waals surface area contributed by atoms with E-state index in [0.717, 1.165) is 45.2 Å². The minimum Gasteiger partial charge on any atom is -0.381 e. The third-order valence-corrected chi connectivity index (χ3v) is 4.44. The first-order valence-corrected chi connectivity index (χ1v) is 7.93. The summed E-state index contributed by atoms with van der Waals surface area (Å²) in [4.78, 5) is 4.94. The van der Waals surface area contributed by atoms with E-state index in [1.807, 2.05) is 0 Å². The summed E-state index contributed by atoms with van der Waals surface area (Å²) in [7, 11) is 0. The van der Waals surface area contributed by atoms with Crippen LogP contribution in [0.15, 0.2) is 0 Å². The van der Waals surface area contributed by atoms with Crippen LogP contribution in [0.1, 0.15) is 50.8 Å². The Kier molecular flexibility index (Phi) is 3.87. The summed E-state index contributed by atoms with van der Waals surface area (Å²) in [6.07, 6.45) is 3.56. The van der Waals surface area contributed by atoms with Crippen molar-refractivity contribution in [1.82, 2.24) is 14.9 Å². The molecule has 0 spiro atoms. The first-order valence-electron chi connectivity index (χ1n) is 7.93. The number of fused-ring (bicyclic) bond motifs is 1. The fourth-order valence-electron chi connectivity index (χ4n) is 3.31. The fraction of sp³-hybridized carbons (Fsp3) is 0.812. The maximum Gasteiger partial charge on any atom is 0.114 e. The van der Waals surface area contributed by atoms with Crippen molar-refractivity contribution in [2.75, 3.05) is 19.8 Å². The van der Waals surface area contributed by atoms with Crippen LogP contribution in [-0.4, -0.2) is 29.3 Å². The van der Waals surface area contributed by atoms with Crippen molar-refractivity contribution < 1.29 is 4.74 Å². The molecule has 0 bridgehead atoms. The van der Waals surface area contributed by atoms with Crippen LogP contribution in [0, 0.1) is 5.92 Å². The number of rotatable bonds is 3. The molecule has 0 radical (unpaired) electrons. The maximum atomic E-state index is 5.50. The monoisotopic (exact) mass is 277 g/mol. The Hall–Kier alpha value is -0.870. The topological polar surface area (TPSA) is 39.1 Å². The Balaban J connectivity index is 1.84. The largest absolute Gasteiger partial charge is 0.381 e. The predicted octanol–water partition coefficient (Wildman–Crippen LogP) is 2.25. The molecule has 1 aromatic heterocycles. The Morgan fingerprint density at radius 3 is 2.95 bits per heavy atom. The predicted molar refractivity (Wildman–Crippen MR) is 79.9 cm³/mol. The molecule has 1 saturated heterocycles. The number of imidazole rings is 1. The van der Waals surface area contributed by atoms with Gasteiger partial charge in [-0.3, -0.25) is 0 Å². The molecule has 0 amide bonds. The van der Waals surface area contributed by atoms with E-state index in [-0.39, 0.29) is 5.41 Å². The third-order valence-electron chi connectivity index (χ3n) is 4.44. The summed E-state index contributed by atoms with van der Waals surface area (Å²) < 4.78 is 8.01. The molecule has 0 aliphatic carbocycles. The molecule has 1 unspecified atom stereocenters. The normalized spacial score (nSPS) is 23.1. The zero-order valence-electron chi connectivity index (χ0n) is 13.0. The van der Waals surface area contributed by atoms with E-state index in [4.69, 9.17) is 9.72 Å². The van der Waals surface area contributed by atoms with Crippen molar-refractivity contribution in [2.24, 2.45) is 5.92 Å². The Morgan fingerprint density at radius 2 is 2.25 bits per heavy atom. The van der Waals surface area contributed by atoms with E-state index in [0.29, 0.717) is 0 Å². The molecule has 4 heteroatoms. The van der Waals surface area contributed by atoms with E-state index in [1.54, 1.807) is 0 Å². The molecule has 4 nitrogen and oxygen atoms in total. The summed E-state index contributed by atoms with van der Waals surface area (Å²) in [6, 6.07) is 0. The van der Waals surface area contributed by atoms with Crippen molar-refractivity contribution in [1.29, 1.82) is 0 Å². The Bertz CT molecular complexity index is 467. The van der Waals surface area contributed by atoms with Gasteiger partial charge in [0.2, 0.25) is 0 Å². The van der Waals surface area contributed by atoms with Gasteiger partial charge in [0.05, 0.1) is 5.69 Å². The lowest BCUT2D eigenvalue weighted by Crippen LogP contribution is -2.26. The van der Waals surface area contributed by atoms with Crippen LogP contribution >= 0.6 is 0 Å². The van der Waals surface area contributed by atoms with E-state index in [9.17, 15) is 0 Å². The van der Waals surface area contributed by atoms with Gasteiger partial charge < -0.3 is 14.6 Å². The number of hydrogen-bond acceptors (Lipinski definition) is 3. The maximum absolute atomic E-state index is 5.50. The van der Waals surface area contributed by atoms with Gasteiger partial charge in [-0.15, -0.1) is 0 Å². The molecule has 112 valence electrons. The van der Waals surface area contributed by atoms with E-state index in [1.165, 1.54) is 30.1 Å². The van der Waals surface area contributed by atoms with Gasteiger partial charge in [0, 0.05) is 50.4 Å². The highest BCUT2D eigenvalue weighted by molar-refractivity contribution is 5.23. The fourth-order valence-corrected chi connectivity index (χ4v) is 3.31. The number of nitrogens with zero attached hydrogens (tertiary/aromatic N) is 2. The molecule has 2 aliphatic heterocycles. The first kappa shape index (κ1) is 14.1. The minimum absolute atomic E-state index is 0.115. The highest BCUT2D eigenvalue weighted by Gasteiger charge is 2.27. The van der Waals surface area contributed by atoms with Crippen molar-refractivity contribution in [3.63, 3.8) is 0 Å². The number of hydrogen-bond donors (Lipinski definition) is 1. The molecule has 3 heterocycles. The van der Waals surface area contributed by atoms with Gasteiger partial charge in [-0.2, -0.15) is 0 Å². The van der Waals surface area contributed by atoms with Gasteiger partial charge in [0.1, 0.15) is 5.82 Å².